The number of hydrogen-bond donors (Lipinski definition) is 0. The van der Waals surface area contributed by atoms with Crippen LogP contribution >= 0.6 is 0 Å². The first-order valence-corrected chi connectivity index (χ1v) is 9.62. The van der Waals surface area contributed by atoms with Gasteiger partial charge in [-0.1, -0.05) is 0 Å². The predicted molar refractivity (Wildman–Crippen MR) is 107 cm³/mol. The summed E-state index contributed by atoms with van der Waals surface area (Å²) in [7, 11) is 1.58. The van der Waals surface area contributed by atoms with Crippen LogP contribution < -0.4 is 4.74 Å². The van der Waals surface area contributed by atoms with E-state index in [2.05, 4.69) is 26.7 Å². The largest absolute Gasteiger partial charge is 0.479 e. The fourth-order valence-electron chi connectivity index (χ4n) is 3.82. The van der Waals surface area contributed by atoms with Gasteiger partial charge in [0.05, 0.1) is 19.0 Å². The maximum Gasteiger partial charge on any atom is 0.293 e. The van der Waals surface area contributed by atoms with Crippen LogP contribution in [-0.4, -0.2) is 37.7 Å². The van der Waals surface area contributed by atoms with Crippen LogP contribution in [0.15, 0.2) is 30.6 Å². The summed E-state index contributed by atoms with van der Waals surface area (Å²) in [4.78, 5) is 19.6. The monoisotopic (exact) mass is 391 g/mol. The fourth-order valence-corrected chi connectivity index (χ4v) is 3.82. The molecule has 1 aliphatic rings. The van der Waals surface area contributed by atoms with Crippen LogP contribution in [0.2, 0.25) is 0 Å². The standard InChI is InChI=1S/C21H21N5O3/c1-13-18(24-26-10-16(11-29-12-27)23-21(28-2)19(13)26)17-8-15-4-3-7-22-20(15)25(17)9-14-5-6-14/h3-4,7-8,10,12,14H,5-6,9,11H2,1-2H3. The van der Waals surface area contributed by atoms with Crippen LogP contribution in [-0.2, 0) is 22.7 Å². The lowest BCUT2D eigenvalue weighted by atomic mass is 10.1. The van der Waals surface area contributed by atoms with E-state index in [1.54, 1.807) is 17.8 Å². The zero-order chi connectivity index (χ0) is 20.0. The molecule has 0 bridgehead atoms. The number of rotatable bonds is 7. The van der Waals surface area contributed by atoms with Crippen molar-refractivity contribution in [3.05, 3.63) is 41.9 Å². The Hall–Kier alpha value is -3.42. The first kappa shape index (κ1) is 17.7. The zero-order valence-electron chi connectivity index (χ0n) is 16.3. The second-order valence-corrected chi connectivity index (χ2v) is 7.42. The Bertz CT molecular complexity index is 1220. The average molecular weight is 391 g/mol. The van der Waals surface area contributed by atoms with Gasteiger partial charge in [0.2, 0.25) is 5.88 Å². The Morgan fingerprint density at radius 3 is 2.97 bits per heavy atom. The Kier molecular flexibility index (Phi) is 4.19. The highest BCUT2D eigenvalue weighted by Crippen LogP contribution is 2.37. The third-order valence-electron chi connectivity index (χ3n) is 5.39. The van der Waals surface area contributed by atoms with Crippen molar-refractivity contribution in [1.82, 2.24) is 24.1 Å². The molecule has 8 heteroatoms. The molecule has 0 saturated heterocycles. The van der Waals surface area contributed by atoms with Gasteiger partial charge >= 0.3 is 0 Å². The van der Waals surface area contributed by atoms with Crippen molar-refractivity contribution in [3.8, 4) is 17.3 Å². The van der Waals surface area contributed by atoms with Crippen LogP contribution in [0.4, 0.5) is 0 Å². The van der Waals surface area contributed by atoms with Gasteiger partial charge in [-0.05, 0) is 43.9 Å². The predicted octanol–water partition coefficient (Wildman–Crippen LogP) is 3.15. The van der Waals surface area contributed by atoms with Gasteiger partial charge in [-0.2, -0.15) is 5.10 Å². The van der Waals surface area contributed by atoms with Crippen LogP contribution in [0.5, 0.6) is 5.88 Å². The minimum atomic E-state index is 0.0654. The molecule has 4 heterocycles. The summed E-state index contributed by atoms with van der Waals surface area (Å²) in [6.07, 6.45) is 6.12. The van der Waals surface area contributed by atoms with E-state index in [4.69, 9.17) is 14.6 Å². The van der Waals surface area contributed by atoms with E-state index in [1.807, 2.05) is 19.2 Å². The summed E-state index contributed by atoms with van der Waals surface area (Å²) in [5, 5.41) is 5.95. The minimum absolute atomic E-state index is 0.0654. The molecule has 0 unspecified atom stereocenters. The lowest BCUT2D eigenvalue weighted by molar-refractivity contribution is -0.129. The maximum atomic E-state index is 10.5. The molecule has 0 radical (unpaired) electrons. The van der Waals surface area contributed by atoms with Crippen molar-refractivity contribution in [3.63, 3.8) is 0 Å². The molecule has 148 valence electrons. The quantitative estimate of drug-likeness (QED) is 0.450. The Balaban J connectivity index is 1.71. The highest BCUT2D eigenvalue weighted by molar-refractivity contribution is 5.86. The number of fused-ring (bicyclic) bond motifs is 2. The van der Waals surface area contributed by atoms with Gasteiger partial charge in [-0.3, -0.25) is 4.79 Å². The van der Waals surface area contributed by atoms with E-state index in [1.165, 1.54) is 12.8 Å². The minimum Gasteiger partial charge on any atom is -0.479 e. The molecular weight excluding hydrogens is 370 g/mol. The molecule has 0 aromatic carbocycles. The maximum absolute atomic E-state index is 10.5. The van der Waals surface area contributed by atoms with Crippen LogP contribution in [0.3, 0.4) is 0 Å². The molecule has 8 nitrogen and oxygen atoms in total. The van der Waals surface area contributed by atoms with Crippen LogP contribution in [0.25, 0.3) is 27.9 Å². The summed E-state index contributed by atoms with van der Waals surface area (Å²) >= 11 is 0. The molecule has 0 atom stereocenters. The fraction of sp³-hybridized carbons (Fsp3) is 0.333. The van der Waals surface area contributed by atoms with Gasteiger partial charge in [-0.25, -0.2) is 14.5 Å². The summed E-state index contributed by atoms with van der Waals surface area (Å²) in [5.41, 5.74) is 5.24. The highest BCUT2D eigenvalue weighted by atomic mass is 16.5. The van der Waals surface area contributed by atoms with E-state index in [-0.39, 0.29) is 6.61 Å². The molecule has 1 aliphatic carbocycles. The highest BCUT2D eigenvalue weighted by Gasteiger charge is 2.26. The number of carbonyl (C=O) groups is 1. The molecule has 0 aliphatic heterocycles. The molecule has 0 amide bonds. The first-order chi connectivity index (χ1) is 14.2. The van der Waals surface area contributed by atoms with Crippen molar-refractivity contribution in [1.29, 1.82) is 0 Å². The molecule has 5 rings (SSSR count). The second-order valence-electron chi connectivity index (χ2n) is 7.42. The normalized spacial score (nSPS) is 13.9. The topological polar surface area (TPSA) is 83.5 Å². The summed E-state index contributed by atoms with van der Waals surface area (Å²) in [6, 6.07) is 6.18. The van der Waals surface area contributed by atoms with Gasteiger partial charge in [0.1, 0.15) is 29.2 Å². The molecule has 4 aromatic rings. The molecule has 29 heavy (non-hydrogen) atoms. The Morgan fingerprint density at radius 2 is 2.21 bits per heavy atom. The van der Waals surface area contributed by atoms with E-state index in [0.29, 0.717) is 24.0 Å². The summed E-state index contributed by atoms with van der Waals surface area (Å²) < 4.78 is 14.4. The van der Waals surface area contributed by atoms with Crippen molar-refractivity contribution in [2.24, 2.45) is 5.92 Å². The number of methoxy groups -OCH3 is 1. The van der Waals surface area contributed by atoms with Gasteiger partial charge in [0.15, 0.2) is 0 Å². The van der Waals surface area contributed by atoms with Gasteiger partial charge in [0.25, 0.3) is 6.47 Å². The van der Waals surface area contributed by atoms with Crippen molar-refractivity contribution in [2.45, 2.75) is 32.9 Å². The van der Waals surface area contributed by atoms with Crippen LogP contribution in [0, 0.1) is 12.8 Å². The number of hydrogen-bond acceptors (Lipinski definition) is 6. The smallest absolute Gasteiger partial charge is 0.293 e. The third-order valence-corrected chi connectivity index (χ3v) is 5.39. The summed E-state index contributed by atoms with van der Waals surface area (Å²) in [6.45, 7) is 3.43. The molecule has 1 fully saturated rings. The number of aryl methyl sites for hydroxylation is 1. The van der Waals surface area contributed by atoms with Crippen molar-refractivity contribution in [2.75, 3.05) is 7.11 Å². The lowest BCUT2D eigenvalue weighted by Crippen LogP contribution is -2.03. The van der Waals surface area contributed by atoms with E-state index < -0.39 is 0 Å². The van der Waals surface area contributed by atoms with Gasteiger partial charge in [0, 0.05) is 23.7 Å². The van der Waals surface area contributed by atoms with E-state index in [9.17, 15) is 4.79 Å². The molecule has 4 aromatic heterocycles. The van der Waals surface area contributed by atoms with Gasteiger partial charge < -0.3 is 14.0 Å². The molecule has 1 saturated carbocycles. The lowest BCUT2D eigenvalue weighted by Gasteiger charge is -2.08. The molecular formula is C21H21N5O3. The second kappa shape index (κ2) is 6.88. The number of pyridine rings is 1. The zero-order valence-corrected chi connectivity index (χ0v) is 16.3. The van der Waals surface area contributed by atoms with Crippen molar-refractivity contribution < 1.29 is 14.3 Å². The molecule has 0 spiro atoms. The van der Waals surface area contributed by atoms with Crippen molar-refractivity contribution >= 4 is 23.0 Å². The number of nitrogens with zero attached hydrogens (tertiary/aromatic N) is 5. The third kappa shape index (κ3) is 3.00. The Morgan fingerprint density at radius 1 is 1.34 bits per heavy atom. The SMILES string of the molecule is COc1nc(COC=O)cn2nc(-c3cc4cccnc4n3CC3CC3)c(C)c12. The van der Waals surface area contributed by atoms with E-state index in [0.717, 1.165) is 40.0 Å². The Labute approximate surface area is 167 Å². The van der Waals surface area contributed by atoms with E-state index >= 15 is 0 Å². The first-order valence-electron chi connectivity index (χ1n) is 9.62. The number of aromatic nitrogens is 5. The number of ether oxygens (including phenoxy) is 2. The number of carbonyl (C=O) groups excluding carboxylic acids is 1. The summed E-state index contributed by atoms with van der Waals surface area (Å²) in [5.74, 6) is 1.16. The average Bonchev–Trinajstić information content (AvgIpc) is 3.41. The van der Waals surface area contributed by atoms with Gasteiger partial charge in [-0.15, -0.1) is 0 Å². The van der Waals surface area contributed by atoms with Crippen LogP contribution in [0.1, 0.15) is 24.1 Å². The molecule has 0 N–H and O–H groups in total.